The Hall–Kier alpha value is -1.99. The van der Waals surface area contributed by atoms with Crippen LogP contribution in [0, 0.1) is 6.92 Å². The zero-order chi connectivity index (χ0) is 9.26. The summed E-state index contributed by atoms with van der Waals surface area (Å²) in [7, 11) is 0. The minimum atomic E-state index is 0.218. The molecule has 68 valence electrons. The standard InChI is InChI=1S/C5H7N7O/c1-3-7-4(13-9-3)2-12-5(6)8-10-11-12/h2H2,1H3,(H2,6,8,11). The Morgan fingerprint density at radius 1 is 1.54 bits per heavy atom. The predicted octanol–water partition coefficient (Wildman–Crippen LogP) is -1.00. The predicted molar refractivity (Wildman–Crippen MR) is 40.4 cm³/mol. The van der Waals surface area contributed by atoms with Crippen LogP contribution in [0.5, 0.6) is 0 Å². The van der Waals surface area contributed by atoms with E-state index in [1.807, 2.05) is 0 Å². The molecule has 0 aromatic carbocycles. The largest absolute Gasteiger partial charge is 0.367 e. The molecule has 2 aromatic heterocycles. The zero-order valence-corrected chi connectivity index (χ0v) is 6.88. The maximum absolute atomic E-state index is 5.43. The molecule has 0 saturated carbocycles. The van der Waals surface area contributed by atoms with Crippen LogP contribution in [0.25, 0.3) is 0 Å². The number of anilines is 1. The molecule has 0 spiro atoms. The van der Waals surface area contributed by atoms with Gasteiger partial charge in [-0.3, -0.25) is 0 Å². The lowest BCUT2D eigenvalue weighted by atomic mass is 10.6. The van der Waals surface area contributed by atoms with Crippen molar-refractivity contribution in [1.82, 2.24) is 30.3 Å². The molecule has 0 aliphatic carbocycles. The first-order valence-electron chi connectivity index (χ1n) is 3.56. The summed E-state index contributed by atoms with van der Waals surface area (Å²) >= 11 is 0. The molecule has 0 saturated heterocycles. The Morgan fingerprint density at radius 2 is 2.38 bits per heavy atom. The lowest BCUT2D eigenvalue weighted by molar-refractivity contribution is 0.362. The Balaban J connectivity index is 2.19. The topological polar surface area (TPSA) is 109 Å². The van der Waals surface area contributed by atoms with Gasteiger partial charge in [-0.15, -0.1) is 0 Å². The van der Waals surface area contributed by atoms with E-state index in [0.717, 1.165) is 0 Å². The number of tetrazole rings is 1. The first-order valence-corrected chi connectivity index (χ1v) is 3.56. The van der Waals surface area contributed by atoms with Gasteiger partial charge in [0.25, 0.3) is 0 Å². The molecule has 8 nitrogen and oxygen atoms in total. The van der Waals surface area contributed by atoms with Crippen molar-refractivity contribution in [3.63, 3.8) is 0 Å². The summed E-state index contributed by atoms with van der Waals surface area (Å²) in [6.45, 7) is 2.02. The quantitative estimate of drug-likeness (QED) is 0.632. The highest BCUT2D eigenvalue weighted by Gasteiger charge is 2.07. The summed E-state index contributed by atoms with van der Waals surface area (Å²) in [4.78, 5) is 3.98. The molecule has 0 fully saturated rings. The summed E-state index contributed by atoms with van der Waals surface area (Å²) in [6, 6.07) is 0. The molecular weight excluding hydrogens is 174 g/mol. The maximum Gasteiger partial charge on any atom is 0.248 e. The molecule has 0 atom stereocenters. The van der Waals surface area contributed by atoms with E-state index >= 15 is 0 Å². The number of nitrogen functional groups attached to an aromatic ring is 1. The van der Waals surface area contributed by atoms with Crippen molar-refractivity contribution >= 4 is 5.95 Å². The van der Waals surface area contributed by atoms with Crippen molar-refractivity contribution in [1.29, 1.82) is 0 Å². The third-order valence-corrected chi connectivity index (χ3v) is 1.41. The molecule has 0 aliphatic rings. The second kappa shape index (κ2) is 2.81. The van der Waals surface area contributed by atoms with Gasteiger partial charge in [-0.05, 0) is 17.4 Å². The minimum Gasteiger partial charge on any atom is -0.367 e. The number of nitrogens with zero attached hydrogens (tertiary/aromatic N) is 6. The summed E-state index contributed by atoms with van der Waals surface area (Å²) < 4.78 is 6.23. The van der Waals surface area contributed by atoms with Gasteiger partial charge in [0.1, 0.15) is 6.54 Å². The van der Waals surface area contributed by atoms with E-state index in [-0.39, 0.29) is 5.95 Å². The third kappa shape index (κ3) is 1.45. The lowest BCUT2D eigenvalue weighted by Gasteiger charge is -1.93. The molecule has 8 heteroatoms. The van der Waals surface area contributed by atoms with Gasteiger partial charge >= 0.3 is 0 Å². The number of hydrogen-bond acceptors (Lipinski definition) is 7. The first kappa shape index (κ1) is 7.65. The number of aromatic nitrogens is 6. The second-order valence-corrected chi connectivity index (χ2v) is 2.43. The molecule has 2 N–H and O–H groups in total. The molecule has 0 aliphatic heterocycles. The van der Waals surface area contributed by atoms with E-state index in [1.54, 1.807) is 6.92 Å². The lowest BCUT2D eigenvalue weighted by Crippen LogP contribution is -2.06. The van der Waals surface area contributed by atoms with Crippen molar-refractivity contribution in [3.8, 4) is 0 Å². The Labute approximate surface area is 72.7 Å². The van der Waals surface area contributed by atoms with Gasteiger partial charge in [0.05, 0.1) is 0 Å². The molecule has 0 radical (unpaired) electrons. The molecule has 2 aromatic rings. The van der Waals surface area contributed by atoms with E-state index in [0.29, 0.717) is 18.3 Å². The van der Waals surface area contributed by atoms with Crippen LogP contribution in [0.2, 0.25) is 0 Å². The third-order valence-electron chi connectivity index (χ3n) is 1.41. The number of nitrogens with two attached hydrogens (primary N) is 1. The van der Waals surface area contributed by atoms with Crippen molar-refractivity contribution < 1.29 is 4.52 Å². The van der Waals surface area contributed by atoms with E-state index < -0.39 is 0 Å². The highest BCUT2D eigenvalue weighted by molar-refractivity contribution is 5.10. The smallest absolute Gasteiger partial charge is 0.248 e. The summed E-state index contributed by atoms with van der Waals surface area (Å²) in [5.41, 5.74) is 5.43. The normalized spacial score (nSPS) is 10.5. The average molecular weight is 181 g/mol. The van der Waals surface area contributed by atoms with E-state index in [4.69, 9.17) is 10.3 Å². The molecule has 0 amide bonds. The van der Waals surface area contributed by atoms with Gasteiger partial charge in [-0.25, -0.2) is 4.68 Å². The fraction of sp³-hybridized carbons (Fsp3) is 0.400. The number of hydrogen-bond donors (Lipinski definition) is 1. The zero-order valence-electron chi connectivity index (χ0n) is 6.88. The van der Waals surface area contributed by atoms with Gasteiger partial charge in [0.2, 0.25) is 11.8 Å². The molecule has 2 heterocycles. The maximum atomic E-state index is 5.43. The van der Waals surface area contributed by atoms with Gasteiger partial charge in [0, 0.05) is 0 Å². The van der Waals surface area contributed by atoms with E-state index in [2.05, 4.69) is 25.7 Å². The highest BCUT2D eigenvalue weighted by Crippen LogP contribution is 2.00. The van der Waals surface area contributed by atoms with Gasteiger partial charge in [-0.1, -0.05) is 10.3 Å². The summed E-state index contributed by atoms with van der Waals surface area (Å²) in [5.74, 6) is 1.22. The van der Waals surface area contributed by atoms with Gasteiger partial charge in [-0.2, -0.15) is 4.98 Å². The van der Waals surface area contributed by atoms with Crippen LogP contribution in [-0.2, 0) is 6.54 Å². The fourth-order valence-electron chi connectivity index (χ4n) is 0.857. The number of aryl methyl sites for hydroxylation is 1. The molecule has 0 bridgehead atoms. The van der Waals surface area contributed by atoms with Crippen LogP contribution in [0.3, 0.4) is 0 Å². The number of rotatable bonds is 2. The minimum absolute atomic E-state index is 0.218. The summed E-state index contributed by atoms with van der Waals surface area (Å²) in [6.07, 6.45) is 0. The van der Waals surface area contributed by atoms with Crippen molar-refractivity contribution in [2.75, 3.05) is 5.73 Å². The molecule has 13 heavy (non-hydrogen) atoms. The Kier molecular flexibility index (Phi) is 1.65. The van der Waals surface area contributed by atoms with Crippen LogP contribution in [0.1, 0.15) is 11.7 Å². The average Bonchev–Trinajstić information content (AvgIpc) is 2.64. The van der Waals surface area contributed by atoms with E-state index in [9.17, 15) is 0 Å². The van der Waals surface area contributed by atoms with Crippen LogP contribution >= 0.6 is 0 Å². The first-order chi connectivity index (χ1) is 6.25. The van der Waals surface area contributed by atoms with Crippen molar-refractivity contribution in [2.45, 2.75) is 13.5 Å². The molecule has 0 unspecified atom stereocenters. The van der Waals surface area contributed by atoms with Crippen LogP contribution in [0.15, 0.2) is 4.52 Å². The van der Waals surface area contributed by atoms with Crippen LogP contribution in [-0.4, -0.2) is 30.3 Å². The molecular formula is C5H7N7O. The van der Waals surface area contributed by atoms with Crippen molar-refractivity contribution in [3.05, 3.63) is 11.7 Å². The summed E-state index contributed by atoms with van der Waals surface area (Å²) in [5, 5.41) is 14.1. The second-order valence-electron chi connectivity index (χ2n) is 2.43. The Bertz CT molecular complexity index is 404. The van der Waals surface area contributed by atoms with Gasteiger partial charge < -0.3 is 10.3 Å². The monoisotopic (exact) mass is 181 g/mol. The molecule has 2 rings (SSSR count). The highest BCUT2D eigenvalue weighted by atomic mass is 16.5. The SMILES string of the molecule is Cc1noc(Cn2nnnc2N)n1. The fourth-order valence-corrected chi connectivity index (χ4v) is 0.857. The van der Waals surface area contributed by atoms with Crippen molar-refractivity contribution in [2.24, 2.45) is 0 Å². The van der Waals surface area contributed by atoms with Crippen LogP contribution in [0.4, 0.5) is 5.95 Å². The Morgan fingerprint density at radius 3 is 2.92 bits per heavy atom. The van der Waals surface area contributed by atoms with E-state index in [1.165, 1.54) is 4.68 Å². The van der Waals surface area contributed by atoms with Gasteiger partial charge in [0.15, 0.2) is 5.82 Å². The van der Waals surface area contributed by atoms with Crippen LogP contribution < -0.4 is 5.73 Å².